The van der Waals surface area contributed by atoms with Crippen LogP contribution in [0.3, 0.4) is 0 Å². The molecule has 0 bridgehead atoms. The monoisotopic (exact) mass is 249 g/mol. The van der Waals surface area contributed by atoms with E-state index < -0.39 is 5.97 Å². The first kappa shape index (κ1) is 13.8. The molecule has 0 aliphatic rings. The second-order valence-corrected chi connectivity index (χ2v) is 3.52. The van der Waals surface area contributed by atoms with Gasteiger partial charge in [0.15, 0.2) is 0 Å². The van der Waals surface area contributed by atoms with Crippen LogP contribution in [0.15, 0.2) is 36.4 Å². The van der Waals surface area contributed by atoms with Crippen molar-refractivity contribution in [3.05, 3.63) is 42.0 Å². The SMILES string of the molecule is C=C(CNc1ccc(C(=O)OC)cc1)C(=O)OC. The second kappa shape index (κ2) is 6.44. The quantitative estimate of drug-likeness (QED) is 0.634. The van der Waals surface area contributed by atoms with Crippen LogP contribution < -0.4 is 5.32 Å². The van der Waals surface area contributed by atoms with Crippen molar-refractivity contribution in [1.82, 2.24) is 0 Å². The molecule has 0 aliphatic carbocycles. The van der Waals surface area contributed by atoms with Crippen molar-refractivity contribution < 1.29 is 19.1 Å². The Morgan fingerprint density at radius 1 is 1.17 bits per heavy atom. The maximum Gasteiger partial charge on any atom is 0.337 e. The van der Waals surface area contributed by atoms with Crippen LogP contribution >= 0.6 is 0 Å². The third kappa shape index (κ3) is 3.62. The van der Waals surface area contributed by atoms with Crippen molar-refractivity contribution >= 4 is 17.6 Å². The third-order valence-corrected chi connectivity index (χ3v) is 2.29. The number of anilines is 1. The summed E-state index contributed by atoms with van der Waals surface area (Å²) in [6, 6.07) is 6.71. The highest BCUT2D eigenvalue weighted by Crippen LogP contribution is 2.11. The predicted octanol–water partition coefficient (Wildman–Crippen LogP) is 1.61. The number of hydrogen-bond acceptors (Lipinski definition) is 5. The summed E-state index contributed by atoms with van der Waals surface area (Å²) >= 11 is 0. The number of methoxy groups -OCH3 is 2. The molecular formula is C13H15NO4. The molecule has 0 unspecified atom stereocenters. The smallest absolute Gasteiger partial charge is 0.337 e. The molecule has 96 valence electrons. The summed E-state index contributed by atoms with van der Waals surface area (Å²) in [5.74, 6) is -0.839. The Morgan fingerprint density at radius 3 is 2.28 bits per heavy atom. The number of nitrogens with one attached hydrogen (secondary N) is 1. The normalized spacial score (nSPS) is 9.44. The molecule has 1 aromatic carbocycles. The van der Waals surface area contributed by atoms with Gasteiger partial charge in [-0.1, -0.05) is 6.58 Å². The minimum Gasteiger partial charge on any atom is -0.466 e. The van der Waals surface area contributed by atoms with Gasteiger partial charge in [0.2, 0.25) is 0 Å². The number of benzene rings is 1. The van der Waals surface area contributed by atoms with Crippen LogP contribution in [0.5, 0.6) is 0 Å². The molecule has 1 N–H and O–H groups in total. The lowest BCUT2D eigenvalue weighted by atomic mass is 10.2. The molecule has 0 amide bonds. The van der Waals surface area contributed by atoms with Gasteiger partial charge in [0.25, 0.3) is 0 Å². The first-order valence-corrected chi connectivity index (χ1v) is 5.27. The van der Waals surface area contributed by atoms with E-state index in [4.69, 9.17) is 0 Å². The van der Waals surface area contributed by atoms with Gasteiger partial charge < -0.3 is 14.8 Å². The molecule has 0 atom stereocenters. The molecular weight excluding hydrogens is 234 g/mol. The lowest BCUT2D eigenvalue weighted by molar-refractivity contribution is -0.136. The number of rotatable bonds is 5. The fourth-order valence-electron chi connectivity index (χ4n) is 1.27. The van der Waals surface area contributed by atoms with Crippen LogP contribution in [0, 0.1) is 0 Å². The van der Waals surface area contributed by atoms with Crippen molar-refractivity contribution in [3.63, 3.8) is 0 Å². The first-order chi connectivity index (χ1) is 8.58. The largest absolute Gasteiger partial charge is 0.466 e. The Hall–Kier alpha value is -2.30. The highest BCUT2D eigenvalue weighted by Gasteiger charge is 2.07. The third-order valence-electron chi connectivity index (χ3n) is 2.29. The Morgan fingerprint density at radius 2 is 1.78 bits per heavy atom. The van der Waals surface area contributed by atoms with Crippen molar-refractivity contribution in [2.45, 2.75) is 0 Å². The van der Waals surface area contributed by atoms with Crippen LogP contribution in [0.25, 0.3) is 0 Å². The molecule has 0 fully saturated rings. The number of carbonyl (C=O) groups is 2. The van der Waals surface area contributed by atoms with E-state index >= 15 is 0 Å². The predicted molar refractivity (Wildman–Crippen MR) is 67.4 cm³/mol. The minimum absolute atomic E-state index is 0.282. The summed E-state index contributed by atoms with van der Waals surface area (Å²) in [6.45, 7) is 3.87. The van der Waals surface area contributed by atoms with Gasteiger partial charge in [-0.25, -0.2) is 9.59 Å². The summed E-state index contributed by atoms with van der Waals surface area (Å²) in [4.78, 5) is 22.3. The summed E-state index contributed by atoms with van der Waals surface area (Å²) < 4.78 is 9.11. The van der Waals surface area contributed by atoms with Gasteiger partial charge in [0.1, 0.15) is 0 Å². The molecule has 0 heterocycles. The summed E-state index contributed by atoms with van der Waals surface area (Å²) in [6.07, 6.45) is 0. The lowest BCUT2D eigenvalue weighted by Gasteiger charge is -2.08. The molecule has 0 aromatic heterocycles. The van der Waals surface area contributed by atoms with E-state index in [0.29, 0.717) is 11.1 Å². The van der Waals surface area contributed by atoms with E-state index in [9.17, 15) is 9.59 Å². The van der Waals surface area contributed by atoms with E-state index in [1.54, 1.807) is 24.3 Å². The summed E-state index contributed by atoms with van der Waals surface area (Å²) in [5, 5.41) is 2.99. The number of carbonyl (C=O) groups excluding carboxylic acids is 2. The molecule has 0 aliphatic heterocycles. The molecule has 0 spiro atoms. The van der Waals surface area contributed by atoms with E-state index in [2.05, 4.69) is 21.4 Å². The van der Waals surface area contributed by atoms with Crippen molar-refractivity contribution in [2.24, 2.45) is 0 Å². The Bertz CT molecular complexity index is 451. The summed E-state index contributed by atoms with van der Waals surface area (Å²) in [5.41, 5.74) is 1.57. The van der Waals surface area contributed by atoms with Gasteiger partial charge >= 0.3 is 11.9 Å². The zero-order chi connectivity index (χ0) is 13.5. The average molecular weight is 249 g/mol. The topological polar surface area (TPSA) is 64.6 Å². The molecule has 1 rings (SSSR count). The van der Waals surface area contributed by atoms with Crippen LogP contribution in [0.1, 0.15) is 10.4 Å². The average Bonchev–Trinajstić information content (AvgIpc) is 2.43. The molecule has 0 radical (unpaired) electrons. The van der Waals surface area contributed by atoms with Gasteiger partial charge in [-0.05, 0) is 24.3 Å². The minimum atomic E-state index is -0.450. The molecule has 0 saturated carbocycles. The maximum absolute atomic E-state index is 11.2. The van der Waals surface area contributed by atoms with E-state index in [0.717, 1.165) is 5.69 Å². The van der Waals surface area contributed by atoms with Gasteiger partial charge in [-0.3, -0.25) is 0 Å². The molecule has 0 saturated heterocycles. The zero-order valence-electron chi connectivity index (χ0n) is 10.4. The fourth-order valence-corrected chi connectivity index (χ4v) is 1.27. The second-order valence-electron chi connectivity index (χ2n) is 3.52. The molecule has 5 heteroatoms. The molecule has 18 heavy (non-hydrogen) atoms. The number of ether oxygens (including phenoxy) is 2. The van der Waals surface area contributed by atoms with E-state index in [1.807, 2.05) is 0 Å². The van der Waals surface area contributed by atoms with Gasteiger partial charge in [-0.15, -0.1) is 0 Å². The van der Waals surface area contributed by atoms with Crippen LogP contribution in [-0.4, -0.2) is 32.7 Å². The van der Waals surface area contributed by atoms with Gasteiger partial charge in [0, 0.05) is 17.8 Å². The number of esters is 2. The zero-order valence-corrected chi connectivity index (χ0v) is 10.4. The Labute approximate surface area is 105 Å². The first-order valence-electron chi connectivity index (χ1n) is 5.27. The van der Waals surface area contributed by atoms with Gasteiger partial charge in [-0.2, -0.15) is 0 Å². The van der Waals surface area contributed by atoms with Crippen LogP contribution in [0.2, 0.25) is 0 Å². The van der Waals surface area contributed by atoms with Crippen molar-refractivity contribution in [2.75, 3.05) is 26.1 Å². The molecule has 1 aromatic rings. The molecule has 5 nitrogen and oxygen atoms in total. The van der Waals surface area contributed by atoms with Crippen LogP contribution in [-0.2, 0) is 14.3 Å². The maximum atomic E-state index is 11.2. The standard InChI is InChI=1S/C13H15NO4/c1-9(12(15)17-2)8-14-11-6-4-10(5-7-11)13(16)18-3/h4-7,14H,1,8H2,2-3H3. The highest BCUT2D eigenvalue weighted by molar-refractivity contribution is 5.90. The van der Waals surface area contributed by atoms with E-state index in [-0.39, 0.29) is 12.5 Å². The highest BCUT2D eigenvalue weighted by atomic mass is 16.5. The van der Waals surface area contributed by atoms with Gasteiger partial charge in [0.05, 0.1) is 19.8 Å². The fraction of sp³-hybridized carbons (Fsp3) is 0.231. The van der Waals surface area contributed by atoms with Crippen molar-refractivity contribution in [3.8, 4) is 0 Å². The number of hydrogen-bond donors (Lipinski definition) is 1. The Kier molecular flexibility index (Phi) is 4.92. The lowest BCUT2D eigenvalue weighted by Crippen LogP contribution is -2.13. The van der Waals surface area contributed by atoms with E-state index in [1.165, 1.54) is 14.2 Å². The van der Waals surface area contributed by atoms with Crippen LogP contribution in [0.4, 0.5) is 5.69 Å². The van der Waals surface area contributed by atoms with Crippen molar-refractivity contribution in [1.29, 1.82) is 0 Å². The Balaban J connectivity index is 2.57. The summed E-state index contributed by atoms with van der Waals surface area (Å²) in [7, 11) is 2.63.